The summed E-state index contributed by atoms with van der Waals surface area (Å²) in [6, 6.07) is 17.4. The molecule has 3 rings (SSSR count). The summed E-state index contributed by atoms with van der Waals surface area (Å²) in [5.74, 6) is 0. The summed E-state index contributed by atoms with van der Waals surface area (Å²) in [6.07, 6.45) is 4.39. The van der Waals surface area contributed by atoms with E-state index >= 15 is 0 Å². The van der Waals surface area contributed by atoms with Crippen LogP contribution in [0.25, 0.3) is 0 Å². The van der Waals surface area contributed by atoms with E-state index < -0.39 is 0 Å². The number of benzene rings is 1. The van der Waals surface area contributed by atoms with Gasteiger partial charge in [-0.15, -0.1) is 0 Å². The molecule has 2 aromatic rings. The van der Waals surface area contributed by atoms with Crippen LogP contribution >= 0.6 is 0 Å². The van der Waals surface area contributed by atoms with Gasteiger partial charge >= 0.3 is 0 Å². The molecule has 0 aliphatic carbocycles. The Morgan fingerprint density at radius 1 is 1.10 bits per heavy atom. The van der Waals surface area contributed by atoms with Crippen molar-refractivity contribution in [3.05, 3.63) is 66.0 Å². The minimum atomic E-state index is 0.574. The number of hydrogen-bond donors (Lipinski definition) is 1. The fourth-order valence-corrected chi connectivity index (χ4v) is 2.96. The van der Waals surface area contributed by atoms with Crippen LogP contribution in [0.4, 0.5) is 0 Å². The first-order chi connectivity index (χ1) is 10.4. The summed E-state index contributed by atoms with van der Waals surface area (Å²) in [5, 5.41) is 3.65. The van der Waals surface area contributed by atoms with E-state index in [-0.39, 0.29) is 0 Å². The minimum Gasteiger partial charge on any atom is -0.307 e. The van der Waals surface area contributed by atoms with Crippen LogP contribution in [0, 0.1) is 0 Å². The van der Waals surface area contributed by atoms with Gasteiger partial charge < -0.3 is 5.32 Å². The highest BCUT2D eigenvalue weighted by Crippen LogP contribution is 2.14. The Bertz CT molecular complexity index is 527. The highest BCUT2D eigenvalue weighted by Gasteiger charge is 2.19. The van der Waals surface area contributed by atoms with Gasteiger partial charge in [-0.2, -0.15) is 0 Å². The third-order valence-corrected chi connectivity index (χ3v) is 4.05. The summed E-state index contributed by atoms with van der Waals surface area (Å²) in [5.41, 5.74) is 2.53. The molecule has 3 nitrogen and oxygen atoms in total. The maximum Gasteiger partial charge on any atom is 0.0541 e. The summed E-state index contributed by atoms with van der Waals surface area (Å²) >= 11 is 0. The molecule has 1 saturated heterocycles. The van der Waals surface area contributed by atoms with Gasteiger partial charge in [0.05, 0.1) is 5.69 Å². The first-order valence-corrected chi connectivity index (χ1v) is 7.80. The van der Waals surface area contributed by atoms with Gasteiger partial charge in [0.1, 0.15) is 0 Å². The molecule has 3 heteroatoms. The highest BCUT2D eigenvalue weighted by atomic mass is 15.2. The lowest BCUT2D eigenvalue weighted by molar-refractivity contribution is 0.182. The Morgan fingerprint density at radius 3 is 2.76 bits per heavy atom. The van der Waals surface area contributed by atoms with E-state index in [0.29, 0.717) is 6.04 Å². The van der Waals surface area contributed by atoms with Crippen molar-refractivity contribution in [3.8, 4) is 0 Å². The van der Waals surface area contributed by atoms with Crippen LogP contribution in [0.2, 0.25) is 0 Å². The molecule has 0 bridgehead atoms. The van der Waals surface area contributed by atoms with Crippen molar-refractivity contribution in [2.24, 2.45) is 0 Å². The zero-order valence-corrected chi connectivity index (χ0v) is 12.4. The van der Waals surface area contributed by atoms with E-state index in [1.807, 2.05) is 18.3 Å². The molecule has 110 valence electrons. The molecule has 1 aromatic heterocycles. The van der Waals surface area contributed by atoms with Crippen molar-refractivity contribution >= 4 is 0 Å². The number of pyridine rings is 1. The SMILES string of the molecule is c1ccc(CN2CCCC(NCc3ccccn3)C2)cc1. The average molecular weight is 281 g/mol. The largest absolute Gasteiger partial charge is 0.307 e. The van der Waals surface area contributed by atoms with E-state index in [2.05, 4.69) is 51.6 Å². The second kappa shape index (κ2) is 7.34. The Balaban J connectivity index is 1.49. The maximum absolute atomic E-state index is 4.37. The first-order valence-electron chi connectivity index (χ1n) is 7.80. The second-order valence-electron chi connectivity index (χ2n) is 5.76. The Labute approximate surface area is 127 Å². The normalized spacial score (nSPS) is 19.5. The van der Waals surface area contributed by atoms with Gasteiger partial charge in [0.25, 0.3) is 0 Å². The topological polar surface area (TPSA) is 28.2 Å². The lowest BCUT2D eigenvalue weighted by Gasteiger charge is -2.33. The number of rotatable bonds is 5. The number of nitrogens with one attached hydrogen (secondary N) is 1. The zero-order chi connectivity index (χ0) is 14.3. The van der Waals surface area contributed by atoms with Crippen LogP contribution in [0.3, 0.4) is 0 Å². The summed E-state index contributed by atoms with van der Waals surface area (Å²) < 4.78 is 0. The number of nitrogens with zero attached hydrogens (tertiary/aromatic N) is 2. The third-order valence-electron chi connectivity index (χ3n) is 4.05. The minimum absolute atomic E-state index is 0.574. The van der Waals surface area contributed by atoms with Crippen LogP contribution in [0.1, 0.15) is 24.1 Å². The van der Waals surface area contributed by atoms with Gasteiger partial charge in [0.2, 0.25) is 0 Å². The van der Waals surface area contributed by atoms with Gasteiger partial charge in [-0.3, -0.25) is 9.88 Å². The zero-order valence-electron chi connectivity index (χ0n) is 12.4. The van der Waals surface area contributed by atoms with Crippen LogP contribution < -0.4 is 5.32 Å². The van der Waals surface area contributed by atoms with Gasteiger partial charge in [-0.25, -0.2) is 0 Å². The average Bonchev–Trinajstić information content (AvgIpc) is 2.55. The molecule has 1 N–H and O–H groups in total. The Morgan fingerprint density at radius 2 is 1.95 bits per heavy atom. The lowest BCUT2D eigenvalue weighted by Crippen LogP contribution is -2.45. The molecule has 0 amide bonds. The van der Waals surface area contributed by atoms with E-state index in [0.717, 1.165) is 25.3 Å². The van der Waals surface area contributed by atoms with Crippen molar-refractivity contribution < 1.29 is 0 Å². The van der Waals surface area contributed by atoms with Crippen molar-refractivity contribution in [2.75, 3.05) is 13.1 Å². The fraction of sp³-hybridized carbons (Fsp3) is 0.389. The van der Waals surface area contributed by atoms with Crippen molar-refractivity contribution in [1.29, 1.82) is 0 Å². The number of hydrogen-bond acceptors (Lipinski definition) is 3. The second-order valence-corrected chi connectivity index (χ2v) is 5.76. The number of piperidine rings is 1. The van der Waals surface area contributed by atoms with E-state index in [9.17, 15) is 0 Å². The van der Waals surface area contributed by atoms with E-state index in [1.54, 1.807) is 0 Å². The molecule has 1 unspecified atom stereocenters. The Hall–Kier alpha value is -1.71. The predicted molar refractivity (Wildman–Crippen MR) is 85.8 cm³/mol. The van der Waals surface area contributed by atoms with Gasteiger partial charge in [0.15, 0.2) is 0 Å². The molecule has 2 heterocycles. The van der Waals surface area contributed by atoms with Crippen LogP contribution in [0.5, 0.6) is 0 Å². The number of aromatic nitrogens is 1. The van der Waals surface area contributed by atoms with Crippen LogP contribution in [-0.2, 0) is 13.1 Å². The number of likely N-dealkylation sites (tertiary alicyclic amines) is 1. The predicted octanol–water partition coefficient (Wildman–Crippen LogP) is 2.84. The molecule has 0 spiro atoms. The monoisotopic (exact) mass is 281 g/mol. The van der Waals surface area contributed by atoms with Crippen LogP contribution in [-0.4, -0.2) is 29.0 Å². The highest BCUT2D eigenvalue weighted by molar-refractivity contribution is 5.14. The van der Waals surface area contributed by atoms with Gasteiger partial charge in [-0.05, 0) is 37.1 Å². The summed E-state index contributed by atoms with van der Waals surface area (Å²) in [7, 11) is 0. The van der Waals surface area contributed by atoms with E-state index in [1.165, 1.54) is 24.9 Å². The standard InChI is InChI=1S/C18H23N3/c1-2-7-16(8-3-1)14-21-12-6-10-18(15-21)20-13-17-9-4-5-11-19-17/h1-5,7-9,11,18,20H,6,10,12-15H2. The first kappa shape index (κ1) is 14.2. The van der Waals surface area contributed by atoms with Crippen molar-refractivity contribution in [2.45, 2.75) is 32.0 Å². The molecular weight excluding hydrogens is 258 g/mol. The van der Waals surface area contributed by atoms with Crippen molar-refractivity contribution in [3.63, 3.8) is 0 Å². The van der Waals surface area contributed by atoms with Gasteiger partial charge in [0, 0.05) is 31.9 Å². The fourth-order valence-electron chi connectivity index (χ4n) is 2.96. The Kier molecular flexibility index (Phi) is 4.98. The molecule has 1 fully saturated rings. The lowest BCUT2D eigenvalue weighted by atomic mass is 10.0. The maximum atomic E-state index is 4.37. The molecule has 1 aliphatic rings. The van der Waals surface area contributed by atoms with E-state index in [4.69, 9.17) is 0 Å². The molecule has 0 saturated carbocycles. The molecule has 1 aliphatic heterocycles. The van der Waals surface area contributed by atoms with Crippen LogP contribution in [0.15, 0.2) is 54.7 Å². The third kappa shape index (κ3) is 4.38. The quantitative estimate of drug-likeness (QED) is 0.913. The van der Waals surface area contributed by atoms with Gasteiger partial charge in [-0.1, -0.05) is 36.4 Å². The molecule has 1 aromatic carbocycles. The smallest absolute Gasteiger partial charge is 0.0541 e. The molecular formula is C18H23N3. The molecule has 0 radical (unpaired) electrons. The summed E-state index contributed by atoms with van der Waals surface area (Å²) in [4.78, 5) is 6.92. The molecule has 21 heavy (non-hydrogen) atoms. The summed E-state index contributed by atoms with van der Waals surface area (Å²) in [6.45, 7) is 4.26. The molecule has 1 atom stereocenters. The van der Waals surface area contributed by atoms with Crippen molar-refractivity contribution in [1.82, 2.24) is 15.2 Å².